The predicted molar refractivity (Wildman–Crippen MR) is 77.8 cm³/mol. The number of nitrogens with two attached hydrogens (primary N) is 1. The van der Waals surface area contributed by atoms with Crippen molar-refractivity contribution in [2.45, 2.75) is 44.2 Å². The van der Waals surface area contributed by atoms with Crippen LogP contribution in [0.5, 0.6) is 0 Å². The summed E-state index contributed by atoms with van der Waals surface area (Å²) in [4.78, 5) is 13.9. The van der Waals surface area contributed by atoms with E-state index in [-0.39, 0.29) is 23.9 Å². The Bertz CT molecular complexity index is 494. The van der Waals surface area contributed by atoms with E-state index < -0.39 is 0 Å². The van der Waals surface area contributed by atoms with Gasteiger partial charge in [0.05, 0.1) is 6.07 Å². The molecule has 0 unspecified atom stereocenters. The van der Waals surface area contributed by atoms with Crippen molar-refractivity contribution in [2.24, 2.45) is 5.73 Å². The fraction of sp³-hybridized carbons (Fsp3) is 0.500. The summed E-state index contributed by atoms with van der Waals surface area (Å²) in [5.41, 5.74) is 7.32. The Kier molecular flexibility index (Phi) is 4.75. The summed E-state index contributed by atoms with van der Waals surface area (Å²) in [6.45, 7) is 2.72. The van der Waals surface area contributed by atoms with Gasteiger partial charge in [-0.25, -0.2) is 0 Å². The van der Waals surface area contributed by atoms with E-state index in [1.165, 1.54) is 0 Å². The van der Waals surface area contributed by atoms with Crippen molar-refractivity contribution in [2.75, 3.05) is 6.54 Å². The van der Waals surface area contributed by atoms with Crippen LogP contribution < -0.4 is 5.73 Å². The van der Waals surface area contributed by atoms with E-state index in [1.807, 2.05) is 37.3 Å². The quantitative estimate of drug-likeness (QED) is 0.910. The van der Waals surface area contributed by atoms with E-state index in [2.05, 4.69) is 6.07 Å². The maximum absolute atomic E-state index is 12.3. The second-order valence-electron chi connectivity index (χ2n) is 5.44. The van der Waals surface area contributed by atoms with Crippen molar-refractivity contribution in [3.8, 4) is 6.07 Å². The van der Waals surface area contributed by atoms with Gasteiger partial charge in [-0.3, -0.25) is 4.79 Å². The molecule has 1 fully saturated rings. The molecule has 1 aliphatic rings. The molecule has 0 radical (unpaired) electrons. The largest absolute Gasteiger partial charge is 0.327 e. The number of carbonyl (C=O) groups excluding carboxylic acids is 1. The van der Waals surface area contributed by atoms with Gasteiger partial charge in [-0.1, -0.05) is 37.3 Å². The van der Waals surface area contributed by atoms with Gasteiger partial charge < -0.3 is 10.6 Å². The Balaban J connectivity index is 1.96. The summed E-state index contributed by atoms with van der Waals surface area (Å²) in [6.07, 6.45) is 1.99. The monoisotopic (exact) mass is 271 g/mol. The molecule has 1 heterocycles. The van der Waals surface area contributed by atoms with Crippen LogP contribution in [0.2, 0.25) is 0 Å². The van der Waals surface area contributed by atoms with Crippen molar-refractivity contribution < 1.29 is 4.79 Å². The van der Waals surface area contributed by atoms with Gasteiger partial charge in [-0.05, 0) is 24.3 Å². The van der Waals surface area contributed by atoms with E-state index in [0.29, 0.717) is 13.0 Å². The molecule has 4 heteroatoms. The maximum atomic E-state index is 12.3. The van der Waals surface area contributed by atoms with E-state index in [4.69, 9.17) is 11.0 Å². The molecule has 2 rings (SSSR count). The van der Waals surface area contributed by atoms with Crippen molar-refractivity contribution >= 4 is 5.91 Å². The van der Waals surface area contributed by atoms with Crippen LogP contribution >= 0.6 is 0 Å². The van der Waals surface area contributed by atoms with Gasteiger partial charge in [0.15, 0.2) is 0 Å². The number of hydrogen-bond acceptors (Lipinski definition) is 3. The predicted octanol–water partition coefficient (Wildman–Crippen LogP) is 2.02. The molecule has 0 aromatic heterocycles. The lowest BCUT2D eigenvalue weighted by Gasteiger charge is -2.24. The fourth-order valence-corrected chi connectivity index (χ4v) is 2.70. The number of nitrogens with zero attached hydrogens (tertiary/aromatic N) is 2. The van der Waals surface area contributed by atoms with Crippen LogP contribution in [0.15, 0.2) is 30.3 Å². The molecule has 1 aromatic carbocycles. The van der Waals surface area contributed by atoms with Gasteiger partial charge in [-0.2, -0.15) is 5.26 Å². The molecule has 0 saturated carbocycles. The molecule has 0 spiro atoms. The summed E-state index contributed by atoms with van der Waals surface area (Å²) < 4.78 is 0. The third-order valence-corrected chi connectivity index (χ3v) is 4.10. The van der Waals surface area contributed by atoms with Crippen LogP contribution in [-0.4, -0.2) is 29.4 Å². The van der Waals surface area contributed by atoms with Crippen molar-refractivity contribution in [3.63, 3.8) is 0 Å². The third-order valence-electron chi connectivity index (χ3n) is 4.10. The molecule has 106 valence electrons. The molecule has 0 bridgehead atoms. The normalized spacial score (nSPS) is 21.2. The van der Waals surface area contributed by atoms with Gasteiger partial charge in [0.2, 0.25) is 5.91 Å². The summed E-state index contributed by atoms with van der Waals surface area (Å²) in [6, 6.07) is 11.7. The topological polar surface area (TPSA) is 70.1 Å². The zero-order chi connectivity index (χ0) is 14.5. The molecule has 2 N–H and O–H groups in total. The highest BCUT2D eigenvalue weighted by Gasteiger charge is 2.30. The lowest BCUT2D eigenvalue weighted by atomic mass is 9.91. The van der Waals surface area contributed by atoms with Crippen LogP contribution in [0.4, 0.5) is 0 Å². The first-order valence-corrected chi connectivity index (χ1v) is 7.13. The third kappa shape index (κ3) is 3.17. The van der Waals surface area contributed by atoms with E-state index in [9.17, 15) is 4.79 Å². The lowest BCUT2D eigenvalue weighted by molar-refractivity contribution is -0.131. The number of benzene rings is 1. The molecule has 0 aliphatic carbocycles. The van der Waals surface area contributed by atoms with Crippen LogP contribution in [0.3, 0.4) is 0 Å². The number of amides is 1. The van der Waals surface area contributed by atoms with Gasteiger partial charge in [-0.15, -0.1) is 0 Å². The highest BCUT2D eigenvalue weighted by atomic mass is 16.2. The van der Waals surface area contributed by atoms with Crippen LogP contribution in [0.1, 0.15) is 37.7 Å². The van der Waals surface area contributed by atoms with Gasteiger partial charge in [0.25, 0.3) is 0 Å². The second-order valence-corrected chi connectivity index (χ2v) is 5.44. The summed E-state index contributed by atoms with van der Waals surface area (Å²) >= 11 is 0. The maximum Gasteiger partial charge on any atom is 0.225 e. The number of hydrogen-bond donors (Lipinski definition) is 1. The Morgan fingerprint density at radius 3 is 2.85 bits per heavy atom. The van der Waals surface area contributed by atoms with Crippen LogP contribution in [-0.2, 0) is 4.79 Å². The fourth-order valence-electron chi connectivity index (χ4n) is 2.70. The van der Waals surface area contributed by atoms with Gasteiger partial charge in [0, 0.05) is 19.0 Å². The van der Waals surface area contributed by atoms with Crippen LogP contribution in [0, 0.1) is 11.3 Å². The Labute approximate surface area is 120 Å². The van der Waals surface area contributed by atoms with E-state index >= 15 is 0 Å². The summed E-state index contributed by atoms with van der Waals surface area (Å²) in [5.74, 6) is 0.132. The number of likely N-dealkylation sites (tertiary alicyclic amines) is 1. The molecule has 1 saturated heterocycles. The first-order valence-electron chi connectivity index (χ1n) is 7.13. The minimum atomic E-state index is -0.262. The number of carbonyl (C=O) groups is 1. The molecule has 20 heavy (non-hydrogen) atoms. The first-order chi connectivity index (χ1) is 9.63. The summed E-state index contributed by atoms with van der Waals surface area (Å²) in [5, 5.41) is 9.03. The van der Waals surface area contributed by atoms with Crippen molar-refractivity contribution in [3.05, 3.63) is 35.9 Å². The van der Waals surface area contributed by atoms with Crippen molar-refractivity contribution in [1.29, 1.82) is 5.26 Å². The average Bonchev–Trinajstić information content (AvgIpc) is 2.95. The smallest absolute Gasteiger partial charge is 0.225 e. The second kappa shape index (κ2) is 6.53. The Morgan fingerprint density at radius 1 is 1.50 bits per heavy atom. The highest BCUT2D eigenvalue weighted by Crippen LogP contribution is 2.22. The minimum Gasteiger partial charge on any atom is -0.327 e. The van der Waals surface area contributed by atoms with Crippen LogP contribution in [0.25, 0.3) is 0 Å². The zero-order valence-electron chi connectivity index (χ0n) is 11.8. The van der Waals surface area contributed by atoms with E-state index in [0.717, 1.165) is 18.4 Å². The standard InChI is InChI=1S/C16H21N3O/c1-12(13-6-3-2-4-7-13)15(18)10-16(20)19-9-5-8-14(19)11-17/h2-4,6-7,12,14-15H,5,8-10,18H2,1H3/t12-,14-,15-/m1/s1. The van der Waals surface area contributed by atoms with E-state index in [1.54, 1.807) is 4.90 Å². The molecule has 3 atom stereocenters. The average molecular weight is 271 g/mol. The zero-order valence-corrected chi connectivity index (χ0v) is 11.8. The molecule has 1 aliphatic heterocycles. The van der Waals surface area contributed by atoms with Gasteiger partial charge >= 0.3 is 0 Å². The SMILES string of the molecule is C[C@H](c1ccccc1)[C@H](N)CC(=O)N1CCC[C@@H]1C#N. The van der Waals surface area contributed by atoms with Gasteiger partial charge in [0.1, 0.15) is 6.04 Å². The molecular weight excluding hydrogens is 250 g/mol. The highest BCUT2D eigenvalue weighted by molar-refractivity contribution is 5.78. The molecule has 4 nitrogen and oxygen atoms in total. The number of rotatable bonds is 4. The molecule has 1 aromatic rings. The molecular formula is C16H21N3O. The Hall–Kier alpha value is -1.86. The Morgan fingerprint density at radius 2 is 2.20 bits per heavy atom. The van der Waals surface area contributed by atoms with Crippen molar-refractivity contribution in [1.82, 2.24) is 4.90 Å². The molecule has 1 amide bonds. The lowest BCUT2D eigenvalue weighted by Crippen LogP contribution is -2.39. The number of nitriles is 1. The summed E-state index contributed by atoms with van der Waals surface area (Å²) in [7, 11) is 0. The first kappa shape index (κ1) is 14.5. The minimum absolute atomic E-state index is 0.00401.